The molecule has 0 bridgehead atoms. The van der Waals surface area contributed by atoms with Crippen LogP contribution in [0.2, 0.25) is 0 Å². The lowest BCUT2D eigenvalue weighted by Gasteiger charge is -2.21. The van der Waals surface area contributed by atoms with Gasteiger partial charge in [0, 0.05) is 35.4 Å². The van der Waals surface area contributed by atoms with Crippen LogP contribution in [0.3, 0.4) is 0 Å². The molecule has 0 radical (unpaired) electrons. The summed E-state index contributed by atoms with van der Waals surface area (Å²) in [4.78, 5) is 29.5. The van der Waals surface area contributed by atoms with E-state index in [4.69, 9.17) is 0 Å². The number of amides is 1. The Balaban J connectivity index is 2.00. The molecule has 1 fully saturated rings. The van der Waals surface area contributed by atoms with E-state index in [9.17, 15) is 14.9 Å². The number of nitro groups is 1. The largest absolute Gasteiger partial charge is 0.373 e. The standard InChI is InChI=1S/C17H20N4O3/c1-10(2)20-8-7-13(17(20)22)19-14-9-11(3)18-16-12(14)5-4-6-15(16)21(23)24/h4-6,9-10,13H,7-8H2,1-3H3,(H,18,19). The van der Waals surface area contributed by atoms with Gasteiger partial charge in [-0.3, -0.25) is 14.9 Å². The van der Waals surface area contributed by atoms with Gasteiger partial charge in [0.2, 0.25) is 5.91 Å². The van der Waals surface area contributed by atoms with Crippen LogP contribution in [-0.4, -0.2) is 39.3 Å². The van der Waals surface area contributed by atoms with Crippen LogP contribution in [-0.2, 0) is 4.79 Å². The molecule has 1 saturated heterocycles. The van der Waals surface area contributed by atoms with Crippen molar-refractivity contribution >= 4 is 28.2 Å². The molecule has 24 heavy (non-hydrogen) atoms. The van der Waals surface area contributed by atoms with Gasteiger partial charge in [0.25, 0.3) is 5.69 Å². The molecule has 0 spiro atoms. The summed E-state index contributed by atoms with van der Waals surface area (Å²) < 4.78 is 0. The number of anilines is 1. The Morgan fingerprint density at radius 1 is 1.42 bits per heavy atom. The highest BCUT2D eigenvalue weighted by molar-refractivity contribution is 5.98. The zero-order valence-corrected chi connectivity index (χ0v) is 13.9. The topological polar surface area (TPSA) is 88.4 Å². The van der Waals surface area contributed by atoms with Crippen molar-refractivity contribution in [3.63, 3.8) is 0 Å². The van der Waals surface area contributed by atoms with Crippen molar-refractivity contribution in [2.45, 2.75) is 39.3 Å². The molecule has 1 aromatic heterocycles. The monoisotopic (exact) mass is 328 g/mol. The first-order valence-electron chi connectivity index (χ1n) is 8.00. The predicted molar refractivity (Wildman–Crippen MR) is 92.0 cm³/mol. The van der Waals surface area contributed by atoms with Crippen LogP contribution < -0.4 is 5.32 Å². The Kier molecular flexibility index (Phi) is 4.09. The van der Waals surface area contributed by atoms with Crippen molar-refractivity contribution in [1.29, 1.82) is 0 Å². The van der Waals surface area contributed by atoms with Crippen LogP contribution in [0.1, 0.15) is 26.0 Å². The molecule has 126 valence electrons. The lowest BCUT2D eigenvalue weighted by Crippen LogP contribution is -2.37. The zero-order chi connectivity index (χ0) is 17.4. The van der Waals surface area contributed by atoms with Gasteiger partial charge in [-0.1, -0.05) is 12.1 Å². The molecule has 7 heteroatoms. The van der Waals surface area contributed by atoms with E-state index in [1.54, 1.807) is 19.1 Å². The molecule has 1 atom stereocenters. The summed E-state index contributed by atoms with van der Waals surface area (Å²) in [5.74, 6) is 0.0676. The third-order valence-electron chi connectivity index (χ3n) is 4.34. The van der Waals surface area contributed by atoms with Gasteiger partial charge >= 0.3 is 0 Å². The second-order valence-electron chi connectivity index (χ2n) is 6.35. The molecule has 1 amide bonds. The number of benzene rings is 1. The summed E-state index contributed by atoms with van der Waals surface area (Å²) in [7, 11) is 0. The number of aryl methyl sites for hydroxylation is 1. The average Bonchev–Trinajstić information content (AvgIpc) is 2.87. The third-order valence-corrected chi connectivity index (χ3v) is 4.34. The van der Waals surface area contributed by atoms with E-state index >= 15 is 0 Å². The second kappa shape index (κ2) is 6.07. The van der Waals surface area contributed by atoms with Gasteiger partial charge in [0.1, 0.15) is 6.04 Å². The van der Waals surface area contributed by atoms with E-state index in [-0.39, 0.29) is 23.7 Å². The normalized spacial score (nSPS) is 17.8. The first-order valence-corrected chi connectivity index (χ1v) is 8.00. The Bertz CT molecular complexity index is 819. The molecule has 3 rings (SSSR count). The number of fused-ring (bicyclic) bond motifs is 1. The SMILES string of the molecule is Cc1cc(NC2CCN(C(C)C)C2=O)c2cccc([N+](=O)[O-])c2n1. The fourth-order valence-corrected chi connectivity index (χ4v) is 3.16. The van der Waals surface area contributed by atoms with Crippen LogP contribution in [0, 0.1) is 17.0 Å². The first kappa shape index (κ1) is 16.2. The fraction of sp³-hybridized carbons (Fsp3) is 0.412. The molecule has 1 N–H and O–H groups in total. The number of likely N-dealkylation sites (tertiary alicyclic amines) is 1. The number of carbonyl (C=O) groups is 1. The summed E-state index contributed by atoms with van der Waals surface area (Å²) in [6, 6.07) is 6.56. The molecule has 2 aromatic rings. The van der Waals surface area contributed by atoms with Gasteiger partial charge in [-0.05, 0) is 33.3 Å². The van der Waals surface area contributed by atoms with Crippen molar-refractivity contribution in [1.82, 2.24) is 9.88 Å². The zero-order valence-electron chi connectivity index (χ0n) is 13.9. The Morgan fingerprint density at radius 3 is 2.79 bits per heavy atom. The van der Waals surface area contributed by atoms with Crippen LogP contribution in [0.5, 0.6) is 0 Å². The second-order valence-corrected chi connectivity index (χ2v) is 6.35. The highest BCUT2D eigenvalue weighted by atomic mass is 16.6. The van der Waals surface area contributed by atoms with E-state index in [1.165, 1.54) is 6.07 Å². The highest BCUT2D eigenvalue weighted by Gasteiger charge is 2.33. The number of nitro benzene ring substituents is 1. The molecule has 7 nitrogen and oxygen atoms in total. The average molecular weight is 328 g/mol. The van der Waals surface area contributed by atoms with Crippen LogP contribution in [0.25, 0.3) is 10.9 Å². The Morgan fingerprint density at radius 2 is 2.17 bits per heavy atom. The maximum Gasteiger partial charge on any atom is 0.295 e. The van der Waals surface area contributed by atoms with Gasteiger partial charge in [0.15, 0.2) is 5.52 Å². The number of nitrogens with zero attached hydrogens (tertiary/aromatic N) is 3. The summed E-state index contributed by atoms with van der Waals surface area (Å²) in [6.07, 6.45) is 0.717. The quantitative estimate of drug-likeness (QED) is 0.688. The number of para-hydroxylation sites is 1. The van der Waals surface area contributed by atoms with E-state index in [0.717, 1.165) is 13.0 Å². The Hall–Kier alpha value is -2.70. The smallest absolute Gasteiger partial charge is 0.295 e. The van der Waals surface area contributed by atoms with Gasteiger partial charge in [-0.15, -0.1) is 0 Å². The van der Waals surface area contributed by atoms with Crippen molar-refractivity contribution in [2.75, 3.05) is 11.9 Å². The lowest BCUT2D eigenvalue weighted by atomic mass is 10.1. The summed E-state index contributed by atoms with van der Waals surface area (Å²) in [5.41, 5.74) is 1.70. The van der Waals surface area contributed by atoms with Crippen LogP contribution >= 0.6 is 0 Å². The number of carbonyl (C=O) groups excluding carboxylic acids is 1. The third kappa shape index (κ3) is 2.77. The molecular formula is C17H20N4O3. The minimum absolute atomic E-state index is 0.0270. The molecule has 1 aliphatic heterocycles. The van der Waals surface area contributed by atoms with Gasteiger partial charge < -0.3 is 10.2 Å². The molecule has 1 aromatic carbocycles. The van der Waals surface area contributed by atoms with E-state index in [0.29, 0.717) is 22.3 Å². The number of hydrogen-bond acceptors (Lipinski definition) is 5. The van der Waals surface area contributed by atoms with Crippen molar-refractivity contribution in [2.24, 2.45) is 0 Å². The minimum atomic E-state index is -0.431. The number of nitrogens with one attached hydrogen (secondary N) is 1. The van der Waals surface area contributed by atoms with Gasteiger partial charge in [-0.2, -0.15) is 0 Å². The lowest BCUT2D eigenvalue weighted by molar-refractivity contribution is -0.383. The maximum atomic E-state index is 12.5. The molecule has 2 heterocycles. The molecule has 0 saturated carbocycles. The number of non-ortho nitro benzene ring substituents is 1. The van der Waals surface area contributed by atoms with E-state index in [2.05, 4.69) is 10.3 Å². The summed E-state index contributed by atoms with van der Waals surface area (Å²) in [6.45, 7) is 6.50. The summed E-state index contributed by atoms with van der Waals surface area (Å²) >= 11 is 0. The maximum absolute atomic E-state index is 12.5. The number of pyridine rings is 1. The van der Waals surface area contributed by atoms with Gasteiger partial charge in [0.05, 0.1) is 4.92 Å². The van der Waals surface area contributed by atoms with E-state index in [1.807, 2.05) is 24.8 Å². The van der Waals surface area contributed by atoms with Crippen LogP contribution in [0.15, 0.2) is 24.3 Å². The Labute approximate surface area is 139 Å². The van der Waals surface area contributed by atoms with Crippen molar-refractivity contribution < 1.29 is 9.72 Å². The molecule has 0 aliphatic carbocycles. The number of aromatic nitrogens is 1. The van der Waals surface area contributed by atoms with Gasteiger partial charge in [-0.25, -0.2) is 4.98 Å². The van der Waals surface area contributed by atoms with Crippen molar-refractivity contribution in [3.8, 4) is 0 Å². The first-order chi connectivity index (χ1) is 11.4. The molecule has 1 unspecified atom stereocenters. The summed E-state index contributed by atoms with van der Waals surface area (Å²) in [5, 5.41) is 15.2. The number of rotatable bonds is 4. The fourth-order valence-electron chi connectivity index (χ4n) is 3.16. The number of hydrogen-bond donors (Lipinski definition) is 1. The van der Waals surface area contributed by atoms with Crippen LogP contribution in [0.4, 0.5) is 11.4 Å². The van der Waals surface area contributed by atoms with Crippen molar-refractivity contribution in [3.05, 3.63) is 40.1 Å². The highest BCUT2D eigenvalue weighted by Crippen LogP contribution is 2.31. The molecule has 1 aliphatic rings. The predicted octanol–water partition coefficient (Wildman–Crippen LogP) is 2.87. The van der Waals surface area contributed by atoms with E-state index < -0.39 is 4.92 Å². The molecular weight excluding hydrogens is 308 g/mol. The minimum Gasteiger partial charge on any atom is -0.373 e.